The number of nitrogens with two attached hydrogens (primary N) is 1. The molecule has 2 aromatic rings. The van der Waals surface area contributed by atoms with Gasteiger partial charge in [0.2, 0.25) is 0 Å². The van der Waals surface area contributed by atoms with Crippen molar-refractivity contribution in [3.05, 3.63) is 41.7 Å². The van der Waals surface area contributed by atoms with Crippen molar-refractivity contribution >= 4 is 10.8 Å². The molecule has 2 N–H and O–H groups in total. The summed E-state index contributed by atoms with van der Waals surface area (Å²) in [5.74, 6) is 0. The highest BCUT2D eigenvalue weighted by Crippen LogP contribution is 2.20. The molecular weight excluding hydrogens is 160 g/mol. The van der Waals surface area contributed by atoms with Gasteiger partial charge in [-0.25, -0.2) is 0 Å². The van der Waals surface area contributed by atoms with Gasteiger partial charge in [-0.05, 0) is 23.4 Å². The van der Waals surface area contributed by atoms with Gasteiger partial charge < -0.3 is 5.73 Å². The minimum absolute atomic E-state index is 0.586. The summed E-state index contributed by atoms with van der Waals surface area (Å²) in [6.45, 7) is 2.65. The summed E-state index contributed by atoms with van der Waals surface area (Å²) < 4.78 is 0. The Morgan fingerprint density at radius 2 is 2.15 bits per heavy atom. The molecule has 0 aliphatic rings. The Kier molecular flexibility index (Phi) is 1.99. The van der Waals surface area contributed by atoms with Crippen molar-refractivity contribution in [3.63, 3.8) is 0 Å². The predicted molar refractivity (Wildman–Crippen MR) is 54.4 cm³/mol. The lowest BCUT2D eigenvalue weighted by Gasteiger charge is -2.05. The number of fused-ring (bicyclic) bond motifs is 1. The van der Waals surface area contributed by atoms with Crippen LogP contribution >= 0.6 is 0 Å². The fraction of sp³-hybridized carbons (Fsp3) is 0.182. The van der Waals surface area contributed by atoms with Crippen molar-refractivity contribution in [2.75, 3.05) is 0 Å². The van der Waals surface area contributed by atoms with E-state index in [1.165, 1.54) is 21.9 Å². The van der Waals surface area contributed by atoms with Crippen LogP contribution in [0.25, 0.3) is 10.8 Å². The second kappa shape index (κ2) is 3.15. The summed E-state index contributed by atoms with van der Waals surface area (Å²) in [4.78, 5) is 4.15. The van der Waals surface area contributed by atoms with Gasteiger partial charge in [-0.3, -0.25) is 4.98 Å². The van der Waals surface area contributed by atoms with Crippen LogP contribution < -0.4 is 5.73 Å². The Hall–Kier alpha value is -1.41. The van der Waals surface area contributed by atoms with Gasteiger partial charge in [0.25, 0.3) is 0 Å². The largest absolute Gasteiger partial charge is 0.326 e. The number of hydrogen-bond acceptors (Lipinski definition) is 2. The van der Waals surface area contributed by atoms with Gasteiger partial charge in [0, 0.05) is 24.3 Å². The van der Waals surface area contributed by atoms with E-state index in [4.69, 9.17) is 5.73 Å². The van der Waals surface area contributed by atoms with Crippen molar-refractivity contribution in [1.82, 2.24) is 4.98 Å². The van der Waals surface area contributed by atoms with Gasteiger partial charge in [-0.2, -0.15) is 0 Å². The van der Waals surface area contributed by atoms with E-state index in [1.807, 2.05) is 18.5 Å². The van der Waals surface area contributed by atoms with E-state index in [0.29, 0.717) is 6.54 Å². The van der Waals surface area contributed by atoms with E-state index in [9.17, 15) is 0 Å². The molecule has 0 aliphatic carbocycles. The third kappa shape index (κ3) is 1.29. The maximum atomic E-state index is 5.66. The average Bonchev–Trinajstić information content (AvgIpc) is 2.17. The van der Waals surface area contributed by atoms with Crippen LogP contribution in [0.4, 0.5) is 0 Å². The molecule has 0 bridgehead atoms. The quantitative estimate of drug-likeness (QED) is 0.714. The number of nitrogens with zero attached hydrogens (tertiary/aromatic N) is 1. The minimum atomic E-state index is 0.586. The molecule has 2 nitrogen and oxygen atoms in total. The van der Waals surface area contributed by atoms with Crippen LogP contribution in [0.3, 0.4) is 0 Å². The van der Waals surface area contributed by atoms with E-state index >= 15 is 0 Å². The van der Waals surface area contributed by atoms with Gasteiger partial charge >= 0.3 is 0 Å². The van der Waals surface area contributed by atoms with Crippen molar-refractivity contribution < 1.29 is 0 Å². The molecule has 1 aromatic carbocycles. The monoisotopic (exact) mass is 172 g/mol. The highest BCUT2D eigenvalue weighted by Gasteiger charge is 2.01. The first-order valence-electron chi connectivity index (χ1n) is 4.35. The minimum Gasteiger partial charge on any atom is -0.326 e. The van der Waals surface area contributed by atoms with Gasteiger partial charge in [-0.15, -0.1) is 0 Å². The van der Waals surface area contributed by atoms with Gasteiger partial charge in [0.15, 0.2) is 0 Å². The van der Waals surface area contributed by atoms with Gasteiger partial charge in [0.05, 0.1) is 0 Å². The third-order valence-corrected chi connectivity index (χ3v) is 2.28. The summed E-state index contributed by atoms with van der Waals surface area (Å²) in [7, 11) is 0. The SMILES string of the molecule is Cc1cncc2cccc(CN)c12. The predicted octanol–water partition coefficient (Wildman–Crippen LogP) is 2.00. The van der Waals surface area contributed by atoms with Crippen LogP contribution in [-0.4, -0.2) is 4.98 Å². The van der Waals surface area contributed by atoms with Crippen LogP contribution in [0.1, 0.15) is 11.1 Å². The summed E-state index contributed by atoms with van der Waals surface area (Å²) in [5, 5.41) is 2.42. The lowest BCUT2D eigenvalue weighted by atomic mass is 10.0. The zero-order valence-electron chi connectivity index (χ0n) is 7.62. The normalized spacial score (nSPS) is 10.6. The Morgan fingerprint density at radius 1 is 1.31 bits per heavy atom. The molecule has 2 heteroatoms. The molecule has 1 aromatic heterocycles. The molecule has 0 saturated carbocycles. The smallest absolute Gasteiger partial charge is 0.0346 e. The highest BCUT2D eigenvalue weighted by atomic mass is 14.6. The molecule has 0 radical (unpaired) electrons. The molecule has 66 valence electrons. The van der Waals surface area contributed by atoms with Crippen LogP contribution in [0.2, 0.25) is 0 Å². The molecule has 0 fully saturated rings. The summed E-state index contributed by atoms with van der Waals surface area (Å²) >= 11 is 0. The molecule has 0 unspecified atom stereocenters. The molecule has 0 spiro atoms. The number of pyridine rings is 1. The fourth-order valence-electron chi connectivity index (χ4n) is 1.67. The first-order chi connectivity index (χ1) is 6.33. The molecule has 2 rings (SSSR count). The molecule has 13 heavy (non-hydrogen) atoms. The zero-order valence-corrected chi connectivity index (χ0v) is 7.62. The highest BCUT2D eigenvalue weighted by molar-refractivity contribution is 5.87. The van der Waals surface area contributed by atoms with Crippen LogP contribution in [0.5, 0.6) is 0 Å². The number of hydrogen-bond donors (Lipinski definition) is 1. The standard InChI is InChI=1S/C11H12N2/c1-8-6-13-7-10-4-2-3-9(5-12)11(8)10/h2-4,6-7H,5,12H2,1H3. The van der Waals surface area contributed by atoms with Crippen molar-refractivity contribution in [3.8, 4) is 0 Å². The van der Waals surface area contributed by atoms with Gasteiger partial charge in [0.1, 0.15) is 0 Å². The maximum Gasteiger partial charge on any atom is 0.0346 e. The molecule has 0 amide bonds. The lowest BCUT2D eigenvalue weighted by Crippen LogP contribution is -1.98. The zero-order chi connectivity index (χ0) is 9.26. The van der Waals surface area contributed by atoms with Crippen LogP contribution in [0, 0.1) is 6.92 Å². The summed E-state index contributed by atoms with van der Waals surface area (Å²) in [5.41, 5.74) is 8.05. The van der Waals surface area contributed by atoms with Crippen molar-refractivity contribution in [1.29, 1.82) is 0 Å². The second-order valence-electron chi connectivity index (χ2n) is 3.18. The Morgan fingerprint density at radius 3 is 2.92 bits per heavy atom. The van der Waals surface area contributed by atoms with Crippen molar-refractivity contribution in [2.24, 2.45) is 5.73 Å². The number of benzene rings is 1. The first kappa shape index (κ1) is 8.20. The van der Waals surface area contributed by atoms with E-state index in [2.05, 4.69) is 24.0 Å². The van der Waals surface area contributed by atoms with E-state index in [0.717, 1.165) is 0 Å². The third-order valence-electron chi connectivity index (χ3n) is 2.28. The van der Waals surface area contributed by atoms with Gasteiger partial charge in [-0.1, -0.05) is 18.2 Å². The van der Waals surface area contributed by atoms with Crippen LogP contribution in [0.15, 0.2) is 30.6 Å². The summed E-state index contributed by atoms with van der Waals surface area (Å²) in [6, 6.07) is 6.15. The molecule has 0 aliphatic heterocycles. The lowest BCUT2D eigenvalue weighted by molar-refractivity contribution is 1.08. The summed E-state index contributed by atoms with van der Waals surface area (Å²) in [6.07, 6.45) is 3.75. The Balaban J connectivity index is 2.87. The number of rotatable bonds is 1. The van der Waals surface area contributed by atoms with Crippen LogP contribution in [-0.2, 0) is 6.54 Å². The average molecular weight is 172 g/mol. The molecule has 0 atom stereocenters. The topological polar surface area (TPSA) is 38.9 Å². The number of aromatic nitrogens is 1. The van der Waals surface area contributed by atoms with Crippen molar-refractivity contribution in [2.45, 2.75) is 13.5 Å². The fourth-order valence-corrected chi connectivity index (χ4v) is 1.67. The molecule has 0 saturated heterocycles. The van der Waals surface area contributed by atoms with E-state index < -0.39 is 0 Å². The number of aryl methyl sites for hydroxylation is 1. The first-order valence-corrected chi connectivity index (χ1v) is 4.35. The Bertz CT molecular complexity index is 430. The Labute approximate surface area is 77.4 Å². The maximum absolute atomic E-state index is 5.66. The second-order valence-corrected chi connectivity index (χ2v) is 3.18. The van der Waals surface area contributed by atoms with E-state index in [1.54, 1.807) is 0 Å². The van der Waals surface area contributed by atoms with E-state index in [-0.39, 0.29) is 0 Å². The molecular formula is C11H12N2. The molecule has 1 heterocycles.